The van der Waals surface area contributed by atoms with Gasteiger partial charge in [-0.15, -0.1) is 0 Å². The number of hydrogen-bond donors (Lipinski definition) is 1. The Morgan fingerprint density at radius 3 is 2.50 bits per heavy atom. The molecule has 0 radical (unpaired) electrons. The molecule has 0 saturated heterocycles. The average Bonchev–Trinajstić information content (AvgIpc) is 3.37. The number of halogens is 2. The van der Waals surface area contributed by atoms with E-state index in [1.807, 2.05) is 54.7 Å². The summed E-state index contributed by atoms with van der Waals surface area (Å²) < 4.78 is 15.5. The molecule has 2 heterocycles. The number of thioether (sulfide) groups is 1. The molecule has 1 N–H and O–H groups in total. The van der Waals surface area contributed by atoms with Gasteiger partial charge in [-0.1, -0.05) is 35.5 Å². The van der Waals surface area contributed by atoms with Gasteiger partial charge in [0, 0.05) is 16.3 Å². The lowest BCUT2D eigenvalue weighted by atomic mass is 10.1. The summed E-state index contributed by atoms with van der Waals surface area (Å²) in [6, 6.07) is 22.0. The zero-order valence-corrected chi connectivity index (χ0v) is 17.3. The Kier molecular flexibility index (Phi) is 5.02. The predicted octanol–water partition coefficient (Wildman–Crippen LogP) is 6.50. The van der Waals surface area contributed by atoms with Gasteiger partial charge in [-0.2, -0.15) is 0 Å². The Hall–Kier alpha value is -3.09. The normalized spacial score (nSPS) is 11.3. The number of imidazole rings is 2. The van der Waals surface area contributed by atoms with Crippen molar-refractivity contribution in [2.45, 2.75) is 10.9 Å². The number of nitrogens with zero attached hydrogens (tertiary/aromatic N) is 3. The van der Waals surface area contributed by atoms with Crippen molar-refractivity contribution in [2.75, 3.05) is 0 Å². The number of para-hydroxylation sites is 2. The van der Waals surface area contributed by atoms with Gasteiger partial charge in [-0.25, -0.2) is 14.4 Å². The number of fused-ring (bicyclic) bond motifs is 1. The number of aromatic amines is 1. The molecule has 148 valence electrons. The summed E-state index contributed by atoms with van der Waals surface area (Å²) in [5.74, 6) is 1.26. The van der Waals surface area contributed by atoms with Gasteiger partial charge in [-0.05, 0) is 60.7 Å². The van der Waals surface area contributed by atoms with Gasteiger partial charge >= 0.3 is 0 Å². The van der Waals surface area contributed by atoms with Crippen LogP contribution in [-0.2, 0) is 5.75 Å². The standard InChI is InChI=1S/C23H16ClFN4S/c24-16-7-11-18(12-8-16)29-21(15-5-9-17(25)10-6-15)13-26-23(29)30-14-22-27-19-3-1-2-4-20(19)28-22/h1-13H,14H2,(H,27,28). The second-order valence-corrected chi connectivity index (χ2v) is 8.11. The number of H-pyrrole nitrogens is 1. The van der Waals surface area contributed by atoms with E-state index in [0.717, 1.165) is 39.0 Å². The Balaban J connectivity index is 1.52. The van der Waals surface area contributed by atoms with E-state index in [1.165, 1.54) is 12.1 Å². The number of benzene rings is 3. The Labute approximate surface area is 181 Å². The maximum Gasteiger partial charge on any atom is 0.173 e. The molecule has 5 aromatic rings. The van der Waals surface area contributed by atoms with Gasteiger partial charge in [0.2, 0.25) is 0 Å². The van der Waals surface area contributed by atoms with Crippen molar-refractivity contribution in [1.82, 2.24) is 19.5 Å². The molecule has 0 aliphatic rings. The highest BCUT2D eigenvalue weighted by atomic mass is 35.5. The van der Waals surface area contributed by atoms with Crippen LogP contribution < -0.4 is 0 Å². The lowest BCUT2D eigenvalue weighted by Crippen LogP contribution is -1.99. The van der Waals surface area contributed by atoms with Crippen molar-refractivity contribution < 1.29 is 4.39 Å². The summed E-state index contributed by atoms with van der Waals surface area (Å²) in [6.07, 6.45) is 1.81. The summed E-state index contributed by atoms with van der Waals surface area (Å²) in [4.78, 5) is 12.6. The zero-order chi connectivity index (χ0) is 20.5. The Morgan fingerprint density at radius 1 is 0.967 bits per heavy atom. The first kappa shape index (κ1) is 18.9. The van der Waals surface area contributed by atoms with Gasteiger partial charge in [0.1, 0.15) is 11.6 Å². The van der Waals surface area contributed by atoms with E-state index in [4.69, 9.17) is 11.6 Å². The molecule has 0 unspecified atom stereocenters. The minimum Gasteiger partial charge on any atom is -0.341 e. The molecule has 5 rings (SSSR count). The van der Waals surface area contributed by atoms with Crippen LogP contribution in [0.5, 0.6) is 0 Å². The Bertz CT molecular complexity index is 1280. The summed E-state index contributed by atoms with van der Waals surface area (Å²) in [7, 11) is 0. The molecular formula is C23H16ClFN4S. The van der Waals surface area contributed by atoms with Gasteiger partial charge in [0.15, 0.2) is 5.16 Å². The van der Waals surface area contributed by atoms with Gasteiger partial charge in [-0.3, -0.25) is 4.57 Å². The number of hydrogen-bond acceptors (Lipinski definition) is 3. The van der Waals surface area contributed by atoms with Gasteiger partial charge in [0.25, 0.3) is 0 Å². The molecule has 0 saturated carbocycles. The summed E-state index contributed by atoms with van der Waals surface area (Å²) in [5, 5.41) is 1.48. The van der Waals surface area contributed by atoms with Gasteiger partial charge < -0.3 is 4.98 Å². The minimum atomic E-state index is -0.268. The third-order valence-electron chi connectivity index (χ3n) is 4.73. The second kappa shape index (κ2) is 7.97. The molecule has 0 atom stereocenters. The van der Waals surface area contributed by atoms with E-state index in [-0.39, 0.29) is 5.82 Å². The molecule has 0 spiro atoms. The highest BCUT2D eigenvalue weighted by molar-refractivity contribution is 7.98. The van der Waals surface area contributed by atoms with E-state index in [1.54, 1.807) is 23.9 Å². The molecule has 0 bridgehead atoms. The van der Waals surface area contributed by atoms with Crippen LogP contribution in [-0.4, -0.2) is 19.5 Å². The van der Waals surface area contributed by atoms with Crippen LogP contribution in [0, 0.1) is 5.82 Å². The molecule has 7 heteroatoms. The quantitative estimate of drug-likeness (QED) is 0.321. The fourth-order valence-corrected chi connectivity index (χ4v) is 4.30. The van der Waals surface area contributed by atoms with Crippen molar-refractivity contribution >= 4 is 34.4 Å². The molecular weight excluding hydrogens is 419 g/mol. The summed E-state index contributed by atoms with van der Waals surface area (Å²) in [6.45, 7) is 0. The van der Waals surface area contributed by atoms with Crippen LogP contribution in [0.15, 0.2) is 84.1 Å². The third kappa shape index (κ3) is 3.72. The molecule has 3 aromatic carbocycles. The van der Waals surface area contributed by atoms with Gasteiger partial charge in [0.05, 0.1) is 28.7 Å². The molecule has 0 aliphatic carbocycles. The van der Waals surface area contributed by atoms with E-state index in [9.17, 15) is 4.39 Å². The van der Waals surface area contributed by atoms with Crippen molar-refractivity contribution in [2.24, 2.45) is 0 Å². The molecule has 30 heavy (non-hydrogen) atoms. The molecule has 0 amide bonds. The first-order valence-electron chi connectivity index (χ1n) is 9.33. The summed E-state index contributed by atoms with van der Waals surface area (Å²) in [5.41, 5.74) is 4.66. The van der Waals surface area contributed by atoms with Crippen LogP contribution in [0.25, 0.3) is 28.0 Å². The maximum absolute atomic E-state index is 13.4. The first-order valence-corrected chi connectivity index (χ1v) is 10.7. The molecule has 0 fully saturated rings. The van der Waals surface area contributed by atoms with Crippen molar-refractivity contribution in [3.63, 3.8) is 0 Å². The van der Waals surface area contributed by atoms with E-state index >= 15 is 0 Å². The van der Waals surface area contributed by atoms with Crippen LogP contribution >= 0.6 is 23.4 Å². The monoisotopic (exact) mass is 434 g/mol. The average molecular weight is 435 g/mol. The largest absolute Gasteiger partial charge is 0.341 e. The van der Waals surface area contributed by atoms with Crippen molar-refractivity contribution in [3.8, 4) is 16.9 Å². The third-order valence-corrected chi connectivity index (χ3v) is 5.95. The first-order chi connectivity index (χ1) is 14.7. The van der Waals surface area contributed by atoms with E-state index in [2.05, 4.69) is 19.5 Å². The second-order valence-electron chi connectivity index (χ2n) is 6.73. The van der Waals surface area contributed by atoms with E-state index in [0.29, 0.717) is 10.8 Å². The Morgan fingerprint density at radius 2 is 1.73 bits per heavy atom. The van der Waals surface area contributed by atoms with Crippen LogP contribution in [0.4, 0.5) is 4.39 Å². The SMILES string of the molecule is Fc1ccc(-c2cnc(SCc3nc4ccccc4[nH]3)n2-c2ccc(Cl)cc2)cc1. The van der Waals surface area contributed by atoms with Crippen LogP contribution in [0.2, 0.25) is 5.02 Å². The maximum atomic E-state index is 13.4. The highest BCUT2D eigenvalue weighted by Gasteiger charge is 2.15. The lowest BCUT2D eigenvalue weighted by Gasteiger charge is -2.12. The highest BCUT2D eigenvalue weighted by Crippen LogP contribution is 2.32. The fourth-order valence-electron chi connectivity index (χ4n) is 3.31. The van der Waals surface area contributed by atoms with E-state index < -0.39 is 0 Å². The van der Waals surface area contributed by atoms with Crippen molar-refractivity contribution in [1.29, 1.82) is 0 Å². The fraction of sp³-hybridized carbons (Fsp3) is 0.0435. The van der Waals surface area contributed by atoms with Crippen LogP contribution in [0.1, 0.15) is 5.82 Å². The summed E-state index contributed by atoms with van der Waals surface area (Å²) >= 11 is 7.67. The van der Waals surface area contributed by atoms with Crippen molar-refractivity contribution in [3.05, 3.63) is 95.7 Å². The molecule has 0 aliphatic heterocycles. The minimum absolute atomic E-state index is 0.268. The molecule has 2 aromatic heterocycles. The predicted molar refractivity (Wildman–Crippen MR) is 120 cm³/mol. The number of aromatic nitrogens is 4. The number of nitrogens with one attached hydrogen (secondary N) is 1. The molecule has 4 nitrogen and oxygen atoms in total. The number of rotatable bonds is 5. The van der Waals surface area contributed by atoms with Crippen LogP contribution in [0.3, 0.4) is 0 Å². The smallest absolute Gasteiger partial charge is 0.173 e. The zero-order valence-electron chi connectivity index (χ0n) is 15.7. The topological polar surface area (TPSA) is 46.5 Å². The lowest BCUT2D eigenvalue weighted by molar-refractivity contribution is 0.628.